The van der Waals surface area contributed by atoms with Gasteiger partial charge in [-0.3, -0.25) is 13.8 Å². The summed E-state index contributed by atoms with van der Waals surface area (Å²) in [5, 5.41) is 24.2. The summed E-state index contributed by atoms with van der Waals surface area (Å²) in [7, 11) is -4.41. The van der Waals surface area contributed by atoms with Gasteiger partial charge in [0.2, 0.25) is 5.91 Å². The molecule has 10 heteroatoms. The van der Waals surface area contributed by atoms with E-state index in [4.69, 9.17) is 14.8 Å². The van der Waals surface area contributed by atoms with Crippen LogP contribution in [0.1, 0.15) is 251 Å². The van der Waals surface area contributed by atoms with Crippen molar-refractivity contribution in [3.63, 3.8) is 0 Å². The number of aliphatic hydroxyl groups excluding tert-OH is 2. The highest BCUT2D eigenvalue weighted by molar-refractivity contribution is 7.47. The van der Waals surface area contributed by atoms with Crippen LogP contribution in [0, 0.1) is 0 Å². The number of carbonyl (C=O) groups is 1. The summed E-state index contributed by atoms with van der Waals surface area (Å²) in [4.78, 5) is 22.9. The molecule has 0 aliphatic carbocycles. The standard InChI is InChI=1S/C52H101N2O7P/c1-3-5-7-9-11-13-15-17-19-21-23-24-26-27-29-31-33-35-37-39-41-43-49(55)47-52(57)54-50(48-61-62(58,59)60-46-45-53)51(56)44-42-40-38-36-34-32-30-28-25-22-20-18-16-14-12-10-8-6-4-2/h27,29,34,36,42,44,49-51,55-56H,3-26,28,30-33,35,37-41,43,45-48,53H2,1-2H3,(H,54,57)(H,58,59)/b29-27-,36-34+,44-42+. The van der Waals surface area contributed by atoms with Gasteiger partial charge >= 0.3 is 7.82 Å². The molecule has 0 fully saturated rings. The maximum absolute atomic E-state index is 12.9. The Morgan fingerprint density at radius 3 is 1.34 bits per heavy atom. The Hall–Kier alpha value is -1.32. The number of aliphatic hydroxyl groups is 2. The van der Waals surface area contributed by atoms with E-state index in [1.54, 1.807) is 6.08 Å². The topological polar surface area (TPSA) is 151 Å². The summed E-state index contributed by atoms with van der Waals surface area (Å²) < 4.78 is 22.2. The van der Waals surface area contributed by atoms with E-state index in [0.717, 1.165) is 44.9 Å². The van der Waals surface area contributed by atoms with E-state index in [0.29, 0.717) is 12.8 Å². The highest BCUT2D eigenvalue weighted by atomic mass is 31.2. The zero-order valence-electron chi connectivity index (χ0n) is 40.5. The quantitative estimate of drug-likeness (QED) is 0.0230. The van der Waals surface area contributed by atoms with Crippen molar-refractivity contribution in [3.8, 4) is 0 Å². The number of carbonyl (C=O) groups excluding carboxylic acids is 1. The molecule has 0 radical (unpaired) electrons. The molecule has 0 aromatic carbocycles. The van der Waals surface area contributed by atoms with Crippen LogP contribution in [0.15, 0.2) is 36.5 Å². The van der Waals surface area contributed by atoms with Crippen molar-refractivity contribution in [1.82, 2.24) is 5.32 Å². The van der Waals surface area contributed by atoms with Crippen molar-refractivity contribution >= 4 is 13.7 Å². The summed E-state index contributed by atoms with van der Waals surface area (Å²) in [5.74, 6) is -0.458. The average molecular weight is 897 g/mol. The molecular formula is C52H101N2O7P. The van der Waals surface area contributed by atoms with Gasteiger partial charge in [-0.25, -0.2) is 4.57 Å². The van der Waals surface area contributed by atoms with Crippen molar-refractivity contribution in [1.29, 1.82) is 0 Å². The number of phosphoric acid groups is 1. The van der Waals surface area contributed by atoms with Crippen LogP contribution in [0.2, 0.25) is 0 Å². The molecule has 0 rings (SSSR count). The number of phosphoric ester groups is 1. The minimum atomic E-state index is -4.41. The van der Waals surface area contributed by atoms with E-state index in [9.17, 15) is 24.5 Å². The predicted octanol–water partition coefficient (Wildman–Crippen LogP) is 14.4. The fourth-order valence-electron chi connectivity index (χ4n) is 7.78. The molecule has 1 amide bonds. The fraction of sp³-hybridized carbons (Fsp3) is 0.865. The zero-order chi connectivity index (χ0) is 45.5. The summed E-state index contributed by atoms with van der Waals surface area (Å²) in [5.41, 5.74) is 5.38. The second-order valence-corrected chi connectivity index (χ2v) is 19.4. The number of allylic oxidation sites excluding steroid dienone is 5. The lowest BCUT2D eigenvalue weighted by atomic mass is 10.0. The lowest BCUT2D eigenvalue weighted by Gasteiger charge is -2.24. The molecule has 6 N–H and O–H groups in total. The van der Waals surface area contributed by atoms with Gasteiger partial charge in [0.05, 0.1) is 37.9 Å². The van der Waals surface area contributed by atoms with E-state index in [1.807, 2.05) is 6.08 Å². The van der Waals surface area contributed by atoms with Crippen LogP contribution in [-0.2, 0) is 18.4 Å². The van der Waals surface area contributed by atoms with Crippen molar-refractivity contribution in [2.75, 3.05) is 19.8 Å². The molecule has 0 bridgehead atoms. The van der Waals surface area contributed by atoms with Gasteiger partial charge in [0.1, 0.15) is 0 Å². The van der Waals surface area contributed by atoms with Gasteiger partial charge < -0.3 is 26.2 Å². The van der Waals surface area contributed by atoms with Crippen molar-refractivity contribution in [2.45, 2.75) is 270 Å². The predicted molar refractivity (Wildman–Crippen MR) is 264 cm³/mol. The maximum Gasteiger partial charge on any atom is 0.472 e. The Labute approximate surface area is 382 Å². The Bertz CT molecular complexity index is 1090. The van der Waals surface area contributed by atoms with E-state index < -0.39 is 38.6 Å². The molecule has 4 unspecified atom stereocenters. The van der Waals surface area contributed by atoms with Crippen LogP contribution in [0.5, 0.6) is 0 Å². The third kappa shape index (κ3) is 45.3. The summed E-state index contributed by atoms with van der Waals surface area (Å²) in [6.07, 6.45) is 55.3. The van der Waals surface area contributed by atoms with E-state index in [2.05, 4.69) is 43.5 Å². The minimum absolute atomic E-state index is 0.0437. The van der Waals surface area contributed by atoms with Gasteiger partial charge in [0, 0.05) is 6.54 Å². The monoisotopic (exact) mass is 897 g/mol. The number of nitrogens with two attached hydrogens (primary N) is 1. The first kappa shape index (κ1) is 60.7. The molecule has 4 atom stereocenters. The molecule has 0 aromatic rings. The molecule has 0 spiro atoms. The van der Waals surface area contributed by atoms with Gasteiger partial charge in [-0.15, -0.1) is 0 Å². The fourth-order valence-corrected chi connectivity index (χ4v) is 8.54. The number of unbranched alkanes of at least 4 members (excludes halogenated alkanes) is 31. The van der Waals surface area contributed by atoms with Gasteiger partial charge in [0.25, 0.3) is 0 Å². The van der Waals surface area contributed by atoms with E-state index in [-0.39, 0.29) is 19.6 Å². The lowest BCUT2D eigenvalue weighted by molar-refractivity contribution is -0.124. The highest BCUT2D eigenvalue weighted by Crippen LogP contribution is 2.43. The molecule has 0 heterocycles. The molecule has 366 valence electrons. The first-order valence-electron chi connectivity index (χ1n) is 26.2. The normalized spacial score (nSPS) is 14.6. The largest absolute Gasteiger partial charge is 0.472 e. The molecule has 9 nitrogen and oxygen atoms in total. The van der Waals surface area contributed by atoms with Crippen LogP contribution in [0.25, 0.3) is 0 Å². The Morgan fingerprint density at radius 2 is 0.919 bits per heavy atom. The average Bonchev–Trinajstić information content (AvgIpc) is 3.25. The first-order chi connectivity index (χ1) is 30.3. The van der Waals surface area contributed by atoms with Gasteiger partial charge in [-0.1, -0.05) is 224 Å². The van der Waals surface area contributed by atoms with Gasteiger partial charge in [-0.05, 0) is 57.8 Å². The summed E-state index contributed by atoms with van der Waals surface area (Å²) in [6, 6.07) is -1.00. The van der Waals surface area contributed by atoms with Crippen LogP contribution < -0.4 is 11.1 Å². The van der Waals surface area contributed by atoms with Crippen LogP contribution in [-0.4, -0.2) is 59.0 Å². The molecule has 62 heavy (non-hydrogen) atoms. The number of rotatable bonds is 49. The second-order valence-electron chi connectivity index (χ2n) is 17.9. The minimum Gasteiger partial charge on any atom is -0.393 e. The van der Waals surface area contributed by atoms with Crippen molar-refractivity contribution < 1.29 is 33.5 Å². The van der Waals surface area contributed by atoms with Crippen molar-refractivity contribution in [3.05, 3.63) is 36.5 Å². The first-order valence-corrected chi connectivity index (χ1v) is 27.7. The van der Waals surface area contributed by atoms with Crippen LogP contribution in [0.3, 0.4) is 0 Å². The second kappa shape index (κ2) is 47.6. The summed E-state index contributed by atoms with van der Waals surface area (Å²) in [6.45, 7) is 3.98. The number of hydrogen-bond acceptors (Lipinski definition) is 7. The van der Waals surface area contributed by atoms with E-state index >= 15 is 0 Å². The number of amides is 1. The molecule has 0 aromatic heterocycles. The Balaban J connectivity index is 4.23. The lowest BCUT2D eigenvalue weighted by Crippen LogP contribution is -2.46. The summed E-state index contributed by atoms with van der Waals surface area (Å²) >= 11 is 0. The molecular weight excluding hydrogens is 796 g/mol. The van der Waals surface area contributed by atoms with Crippen LogP contribution in [0.4, 0.5) is 0 Å². The Morgan fingerprint density at radius 1 is 0.548 bits per heavy atom. The number of nitrogens with one attached hydrogen (secondary N) is 1. The highest BCUT2D eigenvalue weighted by Gasteiger charge is 2.27. The number of hydrogen-bond donors (Lipinski definition) is 5. The van der Waals surface area contributed by atoms with Crippen LogP contribution >= 0.6 is 7.82 Å². The maximum atomic E-state index is 12.9. The molecule has 0 aliphatic rings. The van der Waals surface area contributed by atoms with Crippen molar-refractivity contribution in [2.24, 2.45) is 5.73 Å². The third-order valence-electron chi connectivity index (χ3n) is 11.7. The van der Waals surface area contributed by atoms with Gasteiger partial charge in [-0.2, -0.15) is 0 Å². The SMILES string of the molecule is CCCCCCCCCCCCCC/C=C\CCCCCCCC(O)CC(=O)NC(COP(=O)(O)OCCN)C(O)/C=C/CC/C=C/CCCCCCCCCCCCCCC. The van der Waals surface area contributed by atoms with E-state index in [1.165, 1.54) is 173 Å². The Kier molecular flexibility index (Phi) is 46.6. The molecule has 0 saturated heterocycles. The molecule has 0 saturated carbocycles. The molecule has 0 aliphatic heterocycles. The zero-order valence-corrected chi connectivity index (χ0v) is 41.4. The van der Waals surface area contributed by atoms with Gasteiger partial charge in [0.15, 0.2) is 0 Å². The third-order valence-corrected chi connectivity index (χ3v) is 12.7. The smallest absolute Gasteiger partial charge is 0.393 e.